The lowest BCUT2D eigenvalue weighted by molar-refractivity contribution is -0.141. The van der Waals surface area contributed by atoms with Crippen molar-refractivity contribution in [1.82, 2.24) is 10.6 Å². The average Bonchev–Trinajstić information content (AvgIpc) is 2.55. The monoisotopic (exact) mass is 408 g/mol. The molecule has 0 saturated heterocycles. The maximum absolute atomic E-state index is 12.4. The first-order valence-corrected chi connectivity index (χ1v) is 11.7. The van der Waals surface area contributed by atoms with Gasteiger partial charge in [-0.2, -0.15) is 11.8 Å². The number of thioether (sulfide) groups is 1. The molecular weight excluding hydrogens is 384 g/mol. The Hall–Kier alpha value is -0.840. The van der Waals surface area contributed by atoms with Crippen LogP contribution < -0.4 is 10.6 Å². The highest BCUT2D eigenvalue weighted by Gasteiger charge is 2.26. The van der Waals surface area contributed by atoms with E-state index in [1.807, 2.05) is 6.26 Å². The van der Waals surface area contributed by atoms with E-state index in [4.69, 9.17) is 0 Å². The van der Waals surface area contributed by atoms with Crippen LogP contribution in [-0.4, -0.2) is 69.7 Å². The molecule has 0 radical (unpaired) electrons. The normalized spacial score (nSPS) is 28.2. The summed E-state index contributed by atoms with van der Waals surface area (Å²) < 4.78 is 0. The summed E-state index contributed by atoms with van der Waals surface area (Å²) in [6.45, 7) is 0. The molecule has 0 aromatic carbocycles. The van der Waals surface area contributed by atoms with Crippen LogP contribution in [0, 0.1) is 0 Å². The summed E-state index contributed by atoms with van der Waals surface area (Å²) >= 11 is 1.53. The standard InChI is InChI=1S/C15H24N2O5S3/c1-23-7-5-11-14(20)17-12(15(21)22)9-25-24-6-3-2-4-10(18)8-13(19)16-11/h2,4,10-12,18H,3,5-9H2,1H3,(H,16,19)(H,17,20)(H,21,22)/b4-2-/t10?,11-,12-/m1/s1. The summed E-state index contributed by atoms with van der Waals surface area (Å²) in [7, 11) is 2.88. The number of aliphatic carboxylic acids is 1. The van der Waals surface area contributed by atoms with E-state index < -0.39 is 36.0 Å². The summed E-state index contributed by atoms with van der Waals surface area (Å²) in [6, 6.07) is -1.83. The molecule has 1 aliphatic rings. The van der Waals surface area contributed by atoms with Gasteiger partial charge in [-0.05, 0) is 24.9 Å². The first-order valence-electron chi connectivity index (χ1n) is 7.84. The predicted octanol–water partition coefficient (Wildman–Crippen LogP) is 0.886. The molecule has 0 spiro atoms. The van der Waals surface area contributed by atoms with Gasteiger partial charge < -0.3 is 20.8 Å². The molecule has 25 heavy (non-hydrogen) atoms. The molecule has 2 amide bonds. The topological polar surface area (TPSA) is 116 Å². The zero-order valence-corrected chi connectivity index (χ0v) is 16.4. The second kappa shape index (κ2) is 12.5. The minimum atomic E-state index is -1.10. The minimum absolute atomic E-state index is 0.135. The molecule has 0 aromatic heterocycles. The van der Waals surface area contributed by atoms with Gasteiger partial charge in [-0.25, -0.2) is 4.79 Å². The molecule has 4 N–H and O–H groups in total. The second-order valence-corrected chi connectivity index (χ2v) is 9.01. The van der Waals surface area contributed by atoms with Crippen molar-refractivity contribution in [2.75, 3.05) is 23.5 Å². The minimum Gasteiger partial charge on any atom is -0.480 e. The van der Waals surface area contributed by atoms with Crippen LogP contribution in [0.5, 0.6) is 0 Å². The highest BCUT2D eigenvalue weighted by atomic mass is 33.1. The lowest BCUT2D eigenvalue weighted by atomic mass is 10.1. The number of hydrogen-bond acceptors (Lipinski definition) is 7. The fourth-order valence-corrected chi connectivity index (χ4v) is 4.63. The predicted molar refractivity (Wildman–Crippen MR) is 104 cm³/mol. The van der Waals surface area contributed by atoms with Gasteiger partial charge in [0.05, 0.1) is 12.5 Å². The molecule has 0 aliphatic carbocycles. The Bertz CT molecular complexity index is 490. The summed E-state index contributed by atoms with van der Waals surface area (Å²) in [4.78, 5) is 35.8. The Balaban J connectivity index is 2.85. The van der Waals surface area contributed by atoms with Crippen LogP contribution >= 0.6 is 33.3 Å². The Morgan fingerprint density at radius 1 is 1.36 bits per heavy atom. The Kier molecular flexibility index (Phi) is 11.1. The van der Waals surface area contributed by atoms with E-state index in [1.54, 1.807) is 12.2 Å². The number of aliphatic hydroxyl groups is 1. The zero-order chi connectivity index (χ0) is 18.7. The van der Waals surface area contributed by atoms with Gasteiger partial charge in [0.2, 0.25) is 11.8 Å². The Labute approximate surface area is 159 Å². The van der Waals surface area contributed by atoms with Crippen molar-refractivity contribution in [3.63, 3.8) is 0 Å². The molecule has 1 heterocycles. The number of aliphatic hydroxyl groups excluding tert-OH is 1. The molecule has 3 atom stereocenters. The fourth-order valence-electron chi connectivity index (χ4n) is 2.01. The summed E-state index contributed by atoms with van der Waals surface area (Å²) in [5.74, 6) is -0.429. The number of hydrogen-bond donors (Lipinski definition) is 4. The van der Waals surface area contributed by atoms with Crippen LogP contribution in [0.3, 0.4) is 0 Å². The lowest BCUT2D eigenvalue weighted by Gasteiger charge is -2.21. The summed E-state index contributed by atoms with van der Waals surface area (Å²) in [6.07, 6.45) is 5.31. The van der Waals surface area contributed by atoms with Crippen LogP contribution in [-0.2, 0) is 14.4 Å². The smallest absolute Gasteiger partial charge is 0.327 e. The Morgan fingerprint density at radius 3 is 2.80 bits per heavy atom. The number of allylic oxidation sites excluding steroid dienone is 1. The van der Waals surface area contributed by atoms with Gasteiger partial charge in [0.15, 0.2) is 0 Å². The van der Waals surface area contributed by atoms with E-state index in [-0.39, 0.29) is 12.2 Å². The molecule has 1 aliphatic heterocycles. The van der Waals surface area contributed by atoms with E-state index in [2.05, 4.69) is 10.6 Å². The molecule has 0 fully saturated rings. The van der Waals surface area contributed by atoms with Crippen LogP contribution in [0.25, 0.3) is 0 Å². The molecule has 142 valence electrons. The largest absolute Gasteiger partial charge is 0.480 e. The number of rotatable bonds is 4. The molecule has 1 unspecified atom stereocenters. The lowest BCUT2D eigenvalue weighted by Crippen LogP contribution is -2.52. The Morgan fingerprint density at radius 2 is 2.12 bits per heavy atom. The zero-order valence-electron chi connectivity index (χ0n) is 14.0. The van der Waals surface area contributed by atoms with Gasteiger partial charge >= 0.3 is 5.97 Å². The second-order valence-electron chi connectivity index (χ2n) is 5.40. The van der Waals surface area contributed by atoms with E-state index >= 15 is 0 Å². The quantitative estimate of drug-likeness (QED) is 0.400. The number of carbonyl (C=O) groups excluding carboxylic acids is 2. The maximum Gasteiger partial charge on any atom is 0.327 e. The van der Waals surface area contributed by atoms with Crippen molar-refractivity contribution in [3.05, 3.63) is 12.2 Å². The van der Waals surface area contributed by atoms with Crippen molar-refractivity contribution >= 4 is 51.1 Å². The number of carboxylic acid groups (broad SMARTS) is 1. The van der Waals surface area contributed by atoms with Crippen molar-refractivity contribution in [2.24, 2.45) is 0 Å². The number of carbonyl (C=O) groups is 3. The molecule has 0 saturated carbocycles. The third-order valence-corrected chi connectivity index (χ3v) is 6.41. The number of carboxylic acids is 1. The van der Waals surface area contributed by atoms with Gasteiger partial charge in [0.25, 0.3) is 0 Å². The first-order chi connectivity index (χ1) is 11.9. The number of amides is 2. The molecule has 0 bridgehead atoms. The molecule has 10 heteroatoms. The van der Waals surface area contributed by atoms with Crippen LogP contribution in [0.2, 0.25) is 0 Å². The first kappa shape index (κ1) is 22.2. The van der Waals surface area contributed by atoms with Gasteiger partial charge in [-0.1, -0.05) is 33.7 Å². The van der Waals surface area contributed by atoms with Gasteiger partial charge in [-0.3, -0.25) is 9.59 Å². The maximum atomic E-state index is 12.4. The van der Waals surface area contributed by atoms with E-state index in [9.17, 15) is 24.6 Å². The van der Waals surface area contributed by atoms with Crippen LogP contribution in [0.1, 0.15) is 19.3 Å². The van der Waals surface area contributed by atoms with Crippen molar-refractivity contribution < 1.29 is 24.6 Å². The van der Waals surface area contributed by atoms with Gasteiger partial charge in [-0.15, -0.1) is 0 Å². The van der Waals surface area contributed by atoms with E-state index in [0.717, 1.165) is 5.75 Å². The van der Waals surface area contributed by atoms with Gasteiger partial charge in [0, 0.05) is 11.5 Å². The number of nitrogens with one attached hydrogen (secondary N) is 2. The highest BCUT2D eigenvalue weighted by Crippen LogP contribution is 2.23. The fraction of sp³-hybridized carbons (Fsp3) is 0.667. The summed E-state index contributed by atoms with van der Waals surface area (Å²) in [5, 5.41) is 24.2. The third-order valence-electron chi connectivity index (χ3n) is 3.32. The van der Waals surface area contributed by atoms with Crippen molar-refractivity contribution in [3.8, 4) is 0 Å². The average molecular weight is 409 g/mol. The molecule has 0 aromatic rings. The van der Waals surface area contributed by atoms with Crippen molar-refractivity contribution in [1.29, 1.82) is 0 Å². The van der Waals surface area contributed by atoms with Crippen LogP contribution in [0.15, 0.2) is 12.2 Å². The van der Waals surface area contributed by atoms with Crippen LogP contribution in [0.4, 0.5) is 0 Å². The third kappa shape index (κ3) is 9.43. The molecular formula is C15H24N2O5S3. The van der Waals surface area contributed by atoms with Gasteiger partial charge in [0.1, 0.15) is 12.1 Å². The molecule has 1 rings (SSSR count). The van der Waals surface area contributed by atoms with E-state index in [1.165, 1.54) is 33.3 Å². The highest BCUT2D eigenvalue weighted by molar-refractivity contribution is 8.76. The summed E-state index contributed by atoms with van der Waals surface area (Å²) in [5.41, 5.74) is 0. The van der Waals surface area contributed by atoms with E-state index in [0.29, 0.717) is 18.6 Å². The SMILES string of the molecule is CSCC[C@H]1NC(=O)CC(O)/C=C\CCSSC[C@H](C(=O)O)NC1=O. The molecule has 7 nitrogen and oxygen atoms in total. The van der Waals surface area contributed by atoms with Crippen molar-refractivity contribution in [2.45, 2.75) is 37.5 Å².